The summed E-state index contributed by atoms with van der Waals surface area (Å²) >= 11 is 0. The normalized spacial score (nSPS) is 10.2. The Hall–Kier alpha value is -2.49. The molecule has 0 fully saturated rings. The number of carbonyl (C=O) groups is 1. The average molecular weight is 283 g/mol. The van der Waals surface area contributed by atoms with Gasteiger partial charge in [0.25, 0.3) is 0 Å². The molecule has 2 rings (SSSR count). The Morgan fingerprint density at radius 3 is 2.62 bits per heavy atom. The van der Waals surface area contributed by atoms with Gasteiger partial charge in [-0.3, -0.25) is 4.79 Å². The highest BCUT2D eigenvalue weighted by molar-refractivity contribution is 5.94. The zero-order chi connectivity index (χ0) is 15.2. The van der Waals surface area contributed by atoms with E-state index in [0.717, 1.165) is 22.6 Å². The maximum atomic E-state index is 12.1. The fraction of sp³-hybridized carbons (Fsp3) is 0.235. The van der Waals surface area contributed by atoms with Crippen molar-refractivity contribution in [2.24, 2.45) is 0 Å². The van der Waals surface area contributed by atoms with Crippen molar-refractivity contribution in [1.29, 1.82) is 0 Å². The minimum atomic E-state index is 0.00623. The van der Waals surface area contributed by atoms with Crippen molar-refractivity contribution < 1.29 is 4.79 Å². The second kappa shape index (κ2) is 6.79. The van der Waals surface area contributed by atoms with Crippen molar-refractivity contribution in [3.8, 4) is 0 Å². The van der Waals surface area contributed by atoms with Crippen LogP contribution in [0.2, 0.25) is 0 Å². The number of nitrogens with zero attached hydrogens (tertiary/aromatic N) is 1. The summed E-state index contributed by atoms with van der Waals surface area (Å²) in [7, 11) is 3.91. The van der Waals surface area contributed by atoms with E-state index in [1.165, 1.54) is 0 Å². The smallest absolute Gasteiger partial charge is 0.224 e. The summed E-state index contributed by atoms with van der Waals surface area (Å²) in [5.74, 6) is 0.00623. The van der Waals surface area contributed by atoms with E-state index in [1.54, 1.807) is 0 Å². The molecule has 110 valence electrons. The third-order valence-electron chi connectivity index (χ3n) is 3.25. The molecule has 0 unspecified atom stereocenters. The summed E-state index contributed by atoms with van der Waals surface area (Å²) in [6.45, 7) is 0. The number of amides is 1. The number of aryl methyl sites for hydroxylation is 1. The SMILES string of the molecule is CN(C)c1ccccc1NC(=O)CCc1cccc(N)c1. The third-order valence-corrected chi connectivity index (χ3v) is 3.25. The van der Waals surface area contributed by atoms with Crippen LogP contribution < -0.4 is 16.0 Å². The number of nitrogens with one attached hydrogen (secondary N) is 1. The van der Waals surface area contributed by atoms with Crippen molar-refractivity contribution in [2.75, 3.05) is 30.0 Å². The van der Waals surface area contributed by atoms with Crippen LogP contribution in [-0.4, -0.2) is 20.0 Å². The van der Waals surface area contributed by atoms with E-state index in [9.17, 15) is 4.79 Å². The van der Waals surface area contributed by atoms with Gasteiger partial charge >= 0.3 is 0 Å². The number of hydrogen-bond donors (Lipinski definition) is 2. The minimum Gasteiger partial charge on any atom is -0.399 e. The highest BCUT2D eigenvalue weighted by atomic mass is 16.1. The molecule has 0 aromatic heterocycles. The molecular weight excluding hydrogens is 262 g/mol. The molecule has 4 heteroatoms. The number of para-hydroxylation sites is 2. The molecule has 1 amide bonds. The van der Waals surface area contributed by atoms with Crippen LogP contribution in [0.15, 0.2) is 48.5 Å². The summed E-state index contributed by atoms with van der Waals surface area (Å²) in [5.41, 5.74) is 9.37. The van der Waals surface area contributed by atoms with Gasteiger partial charge in [-0.25, -0.2) is 0 Å². The summed E-state index contributed by atoms with van der Waals surface area (Å²) < 4.78 is 0. The van der Waals surface area contributed by atoms with Gasteiger partial charge in [-0.2, -0.15) is 0 Å². The first kappa shape index (κ1) is 14.9. The average Bonchev–Trinajstić information content (AvgIpc) is 2.45. The van der Waals surface area contributed by atoms with Crippen LogP contribution in [0.3, 0.4) is 0 Å². The Morgan fingerprint density at radius 2 is 1.90 bits per heavy atom. The number of nitrogens with two attached hydrogens (primary N) is 1. The molecule has 0 aliphatic heterocycles. The summed E-state index contributed by atoms with van der Waals surface area (Å²) in [5, 5.41) is 2.96. The predicted octanol–water partition coefficient (Wildman–Crippen LogP) is 2.91. The molecule has 0 radical (unpaired) electrons. The Bertz CT molecular complexity index is 623. The van der Waals surface area contributed by atoms with E-state index in [0.29, 0.717) is 12.8 Å². The number of rotatable bonds is 5. The van der Waals surface area contributed by atoms with Crippen molar-refractivity contribution in [3.05, 3.63) is 54.1 Å². The summed E-state index contributed by atoms with van der Waals surface area (Å²) in [6, 6.07) is 15.4. The van der Waals surface area contributed by atoms with Gasteiger partial charge in [0.05, 0.1) is 11.4 Å². The second-order valence-electron chi connectivity index (χ2n) is 5.20. The lowest BCUT2D eigenvalue weighted by atomic mass is 10.1. The number of hydrogen-bond acceptors (Lipinski definition) is 3. The van der Waals surface area contributed by atoms with Crippen molar-refractivity contribution in [1.82, 2.24) is 0 Å². The topological polar surface area (TPSA) is 58.4 Å². The Kier molecular flexibility index (Phi) is 4.82. The number of benzene rings is 2. The van der Waals surface area contributed by atoms with Crippen LogP contribution in [0.4, 0.5) is 17.1 Å². The molecule has 2 aromatic rings. The summed E-state index contributed by atoms with van der Waals surface area (Å²) in [6.07, 6.45) is 1.12. The van der Waals surface area contributed by atoms with Gasteiger partial charge < -0.3 is 16.0 Å². The number of nitrogen functional groups attached to an aromatic ring is 1. The fourth-order valence-electron chi connectivity index (χ4n) is 2.19. The van der Waals surface area contributed by atoms with E-state index in [2.05, 4.69) is 5.32 Å². The Morgan fingerprint density at radius 1 is 1.14 bits per heavy atom. The van der Waals surface area contributed by atoms with Crippen LogP contribution in [0.5, 0.6) is 0 Å². The van der Waals surface area contributed by atoms with Crippen LogP contribution in [0.25, 0.3) is 0 Å². The molecule has 0 atom stereocenters. The van der Waals surface area contributed by atoms with Gasteiger partial charge in [-0.15, -0.1) is 0 Å². The lowest BCUT2D eigenvalue weighted by Gasteiger charge is -2.17. The Labute approximate surface area is 125 Å². The van der Waals surface area contributed by atoms with E-state index < -0.39 is 0 Å². The quantitative estimate of drug-likeness (QED) is 0.830. The van der Waals surface area contributed by atoms with Gasteiger partial charge in [0, 0.05) is 26.2 Å². The standard InChI is InChI=1S/C17H21N3O/c1-20(2)16-9-4-3-8-15(16)19-17(21)11-10-13-6-5-7-14(18)12-13/h3-9,12H,10-11,18H2,1-2H3,(H,19,21). The first-order valence-electron chi connectivity index (χ1n) is 6.97. The Balaban J connectivity index is 1.96. The third kappa shape index (κ3) is 4.24. The molecule has 0 bridgehead atoms. The van der Waals surface area contributed by atoms with Gasteiger partial charge in [-0.1, -0.05) is 24.3 Å². The zero-order valence-electron chi connectivity index (χ0n) is 12.5. The lowest BCUT2D eigenvalue weighted by Crippen LogP contribution is -2.16. The molecule has 0 saturated carbocycles. The van der Waals surface area contributed by atoms with E-state index in [1.807, 2.05) is 67.5 Å². The molecule has 4 nitrogen and oxygen atoms in total. The molecule has 2 aromatic carbocycles. The maximum Gasteiger partial charge on any atom is 0.224 e. The van der Waals surface area contributed by atoms with Gasteiger partial charge in [0.1, 0.15) is 0 Å². The van der Waals surface area contributed by atoms with E-state index >= 15 is 0 Å². The largest absolute Gasteiger partial charge is 0.399 e. The van der Waals surface area contributed by atoms with Crippen LogP contribution >= 0.6 is 0 Å². The second-order valence-corrected chi connectivity index (χ2v) is 5.20. The molecule has 0 heterocycles. The van der Waals surface area contributed by atoms with E-state index in [4.69, 9.17) is 5.73 Å². The maximum absolute atomic E-state index is 12.1. The first-order chi connectivity index (χ1) is 10.1. The number of anilines is 3. The van der Waals surface area contributed by atoms with Crippen LogP contribution in [-0.2, 0) is 11.2 Å². The molecule has 0 aliphatic rings. The van der Waals surface area contributed by atoms with Crippen molar-refractivity contribution in [3.63, 3.8) is 0 Å². The highest BCUT2D eigenvalue weighted by Gasteiger charge is 2.08. The van der Waals surface area contributed by atoms with Gasteiger partial charge in [0.15, 0.2) is 0 Å². The summed E-state index contributed by atoms with van der Waals surface area (Å²) in [4.78, 5) is 14.1. The van der Waals surface area contributed by atoms with Crippen molar-refractivity contribution >= 4 is 23.0 Å². The fourth-order valence-corrected chi connectivity index (χ4v) is 2.19. The molecular formula is C17H21N3O. The lowest BCUT2D eigenvalue weighted by molar-refractivity contribution is -0.116. The van der Waals surface area contributed by atoms with Gasteiger partial charge in [0.2, 0.25) is 5.91 Å². The van der Waals surface area contributed by atoms with E-state index in [-0.39, 0.29) is 5.91 Å². The molecule has 0 spiro atoms. The molecule has 0 saturated heterocycles. The molecule has 21 heavy (non-hydrogen) atoms. The zero-order valence-corrected chi connectivity index (χ0v) is 12.5. The van der Waals surface area contributed by atoms with Crippen molar-refractivity contribution in [2.45, 2.75) is 12.8 Å². The molecule has 0 aliphatic carbocycles. The molecule has 3 N–H and O–H groups in total. The van der Waals surface area contributed by atoms with Crippen LogP contribution in [0.1, 0.15) is 12.0 Å². The predicted molar refractivity (Wildman–Crippen MR) is 88.6 cm³/mol. The van der Waals surface area contributed by atoms with Gasteiger partial charge in [-0.05, 0) is 36.2 Å². The highest BCUT2D eigenvalue weighted by Crippen LogP contribution is 2.23. The first-order valence-corrected chi connectivity index (χ1v) is 6.97. The number of carbonyl (C=O) groups excluding carboxylic acids is 1. The monoisotopic (exact) mass is 283 g/mol. The van der Waals surface area contributed by atoms with Crippen LogP contribution in [0, 0.1) is 0 Å². The minimum absolute atomic E-state index is 0.00623.